The monoisotopic (exact) mass is 380 g/mol. The molecule has 0 aliphatic carbocycles. The third-order valence-corrected chi connectivity index (χ3v) is 5.16. The van der Waals surface area contributed by atoms with E-state index in [9.17, 15) is 13.9 Å². The van der Waals surface area contributed by atoms with Crippen molar-refractivity contribution in [1.82, 2.24) is 0 Å². The molecule has 0 fully saturated rings. The smallest absolute Gasteiger partial charge is 0.133 e. The number of aliphatic hydroxyl groups is 1. The van der Waals surface area contributed by atoms with Gasteiger partial charge in [0, 0.05) is 17.5 Å². The van der Waals surface area contributed by atoms with Crippen LogP contribution in [0.25, 0.3) is 11.1 Å². The number of halogens is 2. The first kappa shape index (κ1) is 20.2. The normalized spacial score (nSPS) is 12.8. The van der Waals surface area contributed by atoms with Crippen molar-refractivity contribution in [2.75, 3.05) is 0 Å². The van der Waals surface area contributed by atoms with Gasteiger partial charge in [-0.3, -0.25) is 0 Å². The highest BCUT2D eigenvalue weighted by atomic mass is 19.1. The Labute approximate surface area is 165 Å². The number of benzene rings is 3. The van der Waals surface area contributed by atoms with Gasteiger partial charge in [0.05, 0.1) is 5.60 Å². The van der Waals surface area contributed by atoms with E-state index in [-0.39, 0.29) is 5.92 Å². The number of hydrogen-bond acceptors (Lipinski definition) is 1. The van der Waals surface area contributed by atoms with Crippen LogP contribution in [0.2, 0.25) is 0 Å². The van der Waals surface area contributed by atoms with Crippen molar-refractivity contribution in [1.29, 1.82) is 0 Å². The molecule has 1 atom stereocenters. The molecular formula is C25H26F2O. The molecule has 146 valence electrons. The first-order chi connectivity index (χ1) is 13.2. The second-order valence-corrected chi connectivity index (χ2v) is 8.02. The Balaban J connectivity index is 1.73. The van der Waals surface area contributed by atoms with Crippen LogP contribution in [0.5, 0.6) is 0 Å². The molecule has 0 amide bonds. The summed E-state index contributed by atoms with van der Waals surface area (Å²) in [5.74, 6) is -0.921. The third-order valence-electron chi connectivity index (χ3n) is 5.16. The van der Waals surface area contributed by atoms with Crippen LogP contribution in [0.3, 0.4) is 0 Å². The van der Waals surface area contributed by atoms with Crippen molar-refractivity contribution in [3.05, 3.63) is 95.1 Å². The molecule has 3 heteroatoms. The highest BCUT2D eigenvalue weighted by Gasteiger charge is 2.13. The molecule has 0 bridgehead atoms. The quantitative estimate of drug-likeness (QED) is 0.518. The highest BCUT2D eigenvalue weighted by molar-refractivity contribution is 5.64. The summed E-state index contributed by atoms with van der Waals surface area (Å²) < 4.78 is 27.1. The van der Waals surface area contributed by atoms with E-state index in [1.807, 2.05) is 38.1 Å². The van der Waals surface area contributed by atoms with Crippen LogP contribution in [0.4, 0.5) is 8.78 Å². The first-order valence-corrected chi connectivity index (χ1v) is 9.59. The zero-order valence-corrected chi connectivity index (χ0v) is 16.5. The van der Waals surface area contributed by atoms with Gasteiger partial charge in [0.2, 0.25) is 0 Å². The van der Waals surface area contributed by atoms with Crippen molar-refractivity contribution in [3.8, 4) is 11.1 Å². The minimum Gasteiger partial charge on any atom is -0.390 e. The molecule has 1 unspecified atom stereocenters. The van der Waals surface area contributed by atoms with Crippen molar-refractivity contribution in [2.45, 2.75) is 45.1 Å². The van der Waals surface area contributed by atoms with E-state index in [1.54, 1.807) is 0 Å². The lowest BCUT2D eigenvalue weighted by molar-refractivity contribution is 0.0714. The summed E-state index contributed by atoms with van der Waals surface area (Å²) in [6.45, 7) is 5.79. The van der Waals surface area contributed by atoms with Gasteiger partial charge in [-0.25, -0.2) is 8.78 Å². The standard InChI is InChI=1S/C25H26F2O/c1-17(19-6-4-18(5-7-19)14-15-25(2,3)28)20-8-10-21(11-9-20)23-13-12-22(26)16-24(23)27/h4-13,16-17,28H,14-15H2,1-3H3. The molecule has 0 radical (unpaired) electrons. The molecule has 0 aliphatic heterocycles. The lowest BCUT2D eigenvalue weighted by Gasteiger charge is -2.17. The Morgan fingerprint density at radius 3 is 1.96 bits per heavy atom. The zero-order valence-electron chi connectivity index (χ0n) is 16.5. The molecule has 3 rings (SSSR count). The largest absolute Gasteiger partial charge is 0.390 e. The summed E-state index contributed by atoms with van der Waals surface area (Å²) in [6.07, 6.45) is 1.57. The topological polar surface area (TPSA) is 20.2 Å². The van der Waals surface area contributed by atoms with E-state index in [4.69, 9.17) is 0 Å². The minimum atomic E-state index is -0.655. The SMILES string of the molecule is CC(c1ccc(CCC(C)(C)O)cc1)c1ccc(-c2ccc(F)cc2F)cc1. The van der Waals surface area contributed by atoms with E-state index in [0.717, 1.165) is 30.0 Å². The molecular weight excluding hydrogens is 354 g/mol. The summed E-state index contributed by atoms with van der Waals surface area (Å²) in [6, 6.07) is 19.8. The third kappa shape index (κ3) is 5.05. The fourth-order valence-electron chi connectivity index (χ4n) is 3.29. The predicted octanol–water partition coefficient (Wildman–Crippen LogP) is 6.49. The van der Waals surface area contributed by atoms with E-state index in [0.29, 0.717) is 5.56 Å². The van der Waals surface area contributed by atoms with Gasteiger partial charge in [0.15, 0.2) is 0 Å². The minimum absolute atomic E-state index is 0.204. The van der Waals surface area contributed by atoms with E-state index < -0.39 is 17.2 Å². The Morgan fingerprint density at radius 2 is 1.43 bits per heavy atom. The molecule has 0 aromatic heterocycles. The summed E-state index contributed by atoms with van der Waals surface area (Å²) in [5.41, 5.74) is 4.02. The number of hydrogen-bond donors (Lipinski definition) is 1. The van der Waals surface area contributed by atoms with Gasteiger partial charge in [-0.15, -0.1) is 0 Å². The van der Waals surface area contributed by atoms with E-state index in [2.05, 4.69) is 31.2 Å². The molecule has 0 saturated heterocycles. The van der Waals surface area contributed by atoms with Crippen molar-refractivity contribution in [3.63, 3.8) is 0 Å². The van der Waals surface area contributed by atoms with Crippen LogP contribution in [0.15, 0.2) is 66.7 Å². The Morgan fingerprint density at radius 1 is 0.857 bits per heavy atom. The molecule has 1 N–H and O–H groups in total. The van der Waals surface area contributed by atoms with Crippen LogP contribution in [-0.4, -0.2) is 10.7 Å². The van der Waals surface area contributed by atoms with Gasteiger partial charge in [-0.05, 0) is 61.1 Å². The summed E-state index contributed by atoms with van der Waals surface area (Å²) in [5, 5.41) is 9.86. The Kier molecular flexibility index (Phi) is 5.95. The number of aryl methyl sites for hydroxylation is 1. The van der Waals surface area contributed by atoms with E-state index in [1.165, 1.54) is 23.3 Å². The molecule has 0 heterocycles. The average Bonchev–Trinajstić information content (AvgIpc) is 2.66. The zero-order chi connectivity index (χ0) is 20.3. The van der Waals surface area contributed by atoms with E-state index >= 15 is 0 Å². The van der Waals surface area contributed by atoms with Crippen LogP contribution in [0.1, 0.15) is 49.8 Å². The van der Waals surface area contributed by atoms with Crippen LogP contribution in [-0.2, 0) is 6.42 Å². The fourth-order valence-corrected chi connectivity index (χ4v) is 3.29. The predicted molar refractivity (Wildman–Crippen MR) is 110 cm³/mol. The van der Waals surface area contributed by atoms with Gasteiger partial charge >= 0.3 is 0 Å². The summed E-state index contributed by atoms with van der Waals surface area (Å²) in [7, 11) is 0. The molecule has 3 aromatic rings. The summed E-state index contributed by atoms with van der Waals surface area (Å²) >= 11 is 0. The molecule has 3 aromatic carbocycles. The maximum Gasteiger partial charge on any atom is 0.133 e. The Hall–Kier alpha value is -2.52. The Bertz CT molecular complexity index is 922. The van der Waals surface area contributed by atoms with Gasteiger partial charge in [-0.2, -0.15) is 0 Å². The lowest BCUT2D eigenvalue weighted by atomic mass is 9.90. The van der Waals surface area contributed by atoms with Gasteiger partial charge in [0.1, 0.15) is 11.6 Å². The number of rotatable bonds is 6. The molecule has 28 heavy (non-hydrogen) atoms. The molecule has 0 aliphatic rings. The van der Waals surface area contributed by atoms with Crippen molar-refractivity contribution in [2.24, 2.45) is 0 Å². The first-order valence-electron chi connectivity index (χ1n) is 9.59. The molecule has 0 spiro atoms. The molecule has 0 saturated carbocycles. The van der Waals surface area contributed by atoms with Gasteiger partial charge < -0.3 is 5.11 Å². The maximum atomic E-state index is 14.0. The van der Waals surface area contributed by atoms with Crippen molar-refractivity contribution >= 4 is 0 Å². The molecule has 1 nitrogen and oxygen atoms in total. The second-order valence-electron chi connectivity index (χ2n) is 8.02. The highest BCUT2D eigenvalue weighted by Crippen LogP contribution is 2.29. The van der Waals surface area contributed by atoms with Crippen LogP contribution >= 0.6 is 0 Å². The summed E-state index contributed by atoms with van der Waals surface area (Å²) in [4.78, 5) is 0. The van der Waals surface area contributed by atoms with Crippen LogP contribution in [0, 0.1) is 11.6 Å². The van der Waals surface area contributed by atoms with Gasteiger partial charge in [0.25, 0.3) is 0 Å². The van der Waals surface area contributed by atoms with Crippen molar-refractivity contribution < 1.29 is 13.9 Å². The maximum absolute atomic E-state index is 14.0. The lowest BCUT2D eigenvalue weighted by Crippen LogP contribution is -2.19. The van der Waals surface area contributed by atoms with Gasteiger partial charge in [-0.1, -0.05) is 55.5 Å². The van der Waals surface area contributed by atoms with Crippen LogP contribution < -0.4 is 0 Å². The average molecular weight is 380 g/mol. The fraction of sp³-hybridized carbons (Fsp3) is 0.280. The second kappa shape index (κ2) is 8.24.